The number of hydrogen-bond acceptors (Lipinski definition) is 5. The van der Waals surface area contributed by atoms with Crippen molar-refractivity contribution < 1.29 is 18.7 Å². The molecule has 214 valence electrons. The summed E-state index contributed by atoms with van der Waals surface area (Å²) in [5, 5.41) is 1.15. The van der Waals surface area contributed by atoms with Gasteiger partial charge in [0, 0.05) is 44.6 Å². The maximum absolute atomic E-state index is 15.4. The Labute approximate surface area is 249 Å². The van der Waals surface area contributed by atoms with Gasteiger partial charge >= 0.3 is 5.97 Å². The van der Waals surface area contributed by atoms with Crippen molar-refractivity contribution in [1.29, 1.82) is 0 Å². The van der Waals surface area contributed by atoms with Crippen LogP contribution in [0.5, 0.6) is 0 Å². The largest absolute Gasteiger partial charge is 0.465 e. The fourth-order valence-corrected chi connectivity index (χ4v) is 6.15. The van der Waals surface area contributed by atoms with E-state index in [0.717, 1.165) is 27.2 Å². The summed E-state index contributed by atoms with van der Waals surface area (Å²) in [5.74, 6) is -0.203. The molecule has 0 fully saturated rings. The topological polar surface area (TPSA) is 58.3 Å². The van der Waals surface area contributed by atoms with Crippen molar-refractivity contribution in [3.05, 3.63) is 95.5 Å². The predicted molar refractivity (Wildman–Crippen MR) is 169 cm³/mol. The summed E-state index contributed by atoms with van der Waals surface area (Å²) in [6.07, 6.45) is 10.4. The Bertz CT molecular complexity index is 1700. The molecule has 0 unspecified atom stereocenters. The number of aromatic nitrogens is 3. The van der Waals surface area contributed by atoms with Crippen molar-refractivity contribution >= 4 is 50.6 Å². The third kappa shape index (κ3) is 6.48. The molecule has 0 spiro atoms. The van der Waals surface area contributed by atoms with E-state index in [1.807, 2.05) is 57.2 Å². The number of esters is 1. The summed E-state index contributed by atoms with van der Waals surface area (Å²) in [6.45, 7) is 0.644. The van der Waals surface area contributed by atoms with Gasteiger partial charge in [0.25, 0.3) is 0 Å². The lowest BCUT2D eigenvalue weighted by atomic mass is 10.1. The number of ether oxygens (including phenoxy) is 2. The minimum Gasteiger partial charge on any atom is -0.465 e. The molecule has 10 heteroatoms. The second-order valence-electron chi connectivity index (χ2n) is 10.3. The summed E-state index contributed by atoms with van der Waals surface area (Å²) in [6, 6.07) is 20.1. The molecule has 0 amide bonds. The van der Waals surface area contributed by atoms with Gasteiger partial charge in [0.2, 0.25) is 0 Å². The molecule has 0 bridgehead atoms. The van der Waals surface area contributed by atoms with Crippen LogP contribution >= 0.6 is 33.6 Å². The zero-order valence-electron chi connectivity index (χ0n) is 23.3. The minimum absolute atomic E-state index is 0.114. The second-order valence-corrected chi connectivity index (χ2v) is 16.4. The van der Waals surface area contributed by atoms with Crippen LogP contribution in [0.25, 0.3) is 33.5 Å². The van der Waals surface area contributed by atoms with Crippen LogP contribution < -0.4 is 0 Å². The van der Waals surface area contributed by atoms with Gasteiger partial charge in [-0.3, -0.25) is 3.97 Å². The van der Waals surface area contributed by atoms with E-state index >= 15 is 4.39 Å². The SMILES string of the molecule is COC(=O)c1cc(-c2ccnc3c2ccn3Sc2ccccc2)n(COCCS(C)(C)C)c1-c1ccc(Cl)cc1F. The molecule has 0 N–H and O–H groups in total. The van der Waals surface area contributed by atoms with Crippen molar-refractivity contribution in [3.8, 4) is 22.5 Å². The molecular weight excluding hydrogens is 581 g/mol. The van der Waals surface area contributed by atoms with Gasteiger partial charge in [-0.2, -0.15) is 0 Å². The number of pyridine rings is 1. The first kappa shape index (κ1) is 29.3. The molecule has 5 aromatic rings. The minimum atomic E-state index is -0.775. The number of benzene rings is 2. The Morgan fingerprint density at radius 3 is 2.54 bits per heavy atom. The molecule has 0 atom stereocenters. The lowest BCUT2D eigenvalue weighted by Gasteiger charge is -2.25. The second kappa shape index (κ2) is 12.3. The average molecular weight is 612 g/mol. The maximum Gasteiger partial charge on any atom is 0.340 e. The number of fused-ring (bicyclic) bond motifs is 1. The Kier molecular flexibility index (Phi) is 8.79. The van der Waals surface area contributed by atoms with Crippen LogP contribution in [-0.2, 0) is 16.2 Å². The van der Waals surface area contributed by atoms with E-state index in [4.69, 9.17) is 21.1 Å². The van der Waals surface area contributed by atoms with Gasteiger partial charge in [-0.15, -0.1) is 0 Å². The van der Waals surface area contributed by atoms with E-state index in [1.54, 1.807) is 36.3 Å². The van der Waals surface area contributed by atoms with Gasteiger partial charge in [-0.1, -0.05) is 29.8 Å². The number of nitrogens with zero attached hydrogens (tertiary/aromatic N) is 3. The van der Waals surface area contributed by atoms with Gasteiger partial charge in [0.1, 0.15) is 12.5 Å². The number of methoxy groups -OCH3 is 1. The maximum atomic E-state index is 15.4. The van der Waals surface area contributed by atoms with Crippen LogP contribution in [-0.4, -0.2) is 57.7 Å². The molecular formula is C31H31ClFN3O3S2. The normalized spacial score (nSPS) is 12.1. The summed E-state index contributed by atoms with van der Waals surface area (Å²) in [7, 11) is 0.540. The zero-order chi connectivity index (χ0) is 29.1. The predicted octanol–water partition coefficient (Wildman–Crippen LogP) is 7.97. The molecule has 0 saturated heterocycles. The van der Waals surface area contributed by atoms with Crippen molar-refractivity contribution in [2.45, 2.75) is 11.6 Å². The fraction of sp³-hybridized carbons (Fsp3) is 0.226. The van der Waals surface area contributed by atoms with Gasteiger partial charge < -0.3 is 14.0 Å². The van der Waals surface area contributed by atoms with Crippen LogP contribution in [0.3, 0.4) is 0 Å². The average Bonchev–Trinajstić information content (AvgIpc) is 3.52. The fourth-order valence-electron chi connectivity index (χ4n) is 4.52. The molecule has 6 nitrogen and oxygen atoms in total. The van der Waals surface area contributed by atoms with E-state index < -0.39 is 21.8 Å². The highest BCUT2D eigenvalue weighted by molar-refractivity contribution is 8.32. The van der Waals surface area contributed by atoms with Crippen LogP contribution in [0.2, 0.25) is 5.02 Å². The van der Waals surface area contributed by atoms with E-state index in [-0.39, 0.29) is 22.9 Å². The monoisotopic (exact) mass is 611 g/mol. The Morgan fingerprint density at radius 2 is 1.83 bits per heavy atom. The highest BCUT2D eigenvalue weighted by Gasteiger charge is 2.26. The first-order valence-corrected chi connectivity index (χ1v) is 17.0. The van der Waals surface area contributed by atoms with Crippen LogP contribution in [0, 0.1) is 5.82 Å². The highest BCUT2D eigenvalue weighted by Crippen LogP contribution is 2.39. The number of halogens is 2. The van der Waals surface area contributed by atoms with E-state index in [0.29, 0.717) is 18.0 Å². The smallest absolute Gasteiger partial charge is 0.340 e. The summed E-state index contributed by atoms with van der Waals surface area (Å²) >= 11 is 7.63. The van der Waals surface area contributed by atoms with Gasteiger partial charge in [-0.05, 0) is 79.2 Å². The number of hydrogen-bond donors (Lipinski definition) is 0. The van der Waals surface area contributed by atoms with E-state index in [9.17, 15) is 4.79 Å². The number of rotatable bonds is 10. The first-order chi connectivity index (χ1) is 19.7. The molecule has 0 saturated carbocycles. The third-order valence-corrected chi connectivity index (χ3v) is 9.13. The summed E-state index contributed by atoms with van der Waals surface area (Å²) in [4.78, 5) is 18.8. The molecule has 0 aliphatic carbocycles. The molecule has 2 aromatic carbocycles. The van der Waals surface area contributed by atoms with E-state index in [2.05, 4.69) is 23.8 Å². The van der Waals surface area contributed by atoms with Gasteiger partial charge in [0.15, 0.2) is 5.65 Å². The lowest BCUT2D eigenvalue weighted by Crippen LogP contribution is -2.13. The molecule has 41 heavy (non-hydrogen) atoms. The quantitative estimate of drug-likeness (QED) is 0.118. The third-order valence-electron chi connectivity index (χ3n) is 6.53. The summed E-state index contributed by atoms with van der Waals surface area (Å²) < 4.78 is 30.5. The van der Waals surface area contributed by atoms with Crippen LogP contribution in [0.4, 0.5) is 4.39 Å². The van der Waals surface area contributed by atoms with Crippen LogP contribution in [0.15, 0.2) is 84.0 Å². The molecule has 3 heterocycles. The van der Waals surface area contributed by atoms with Crippen molar-refractivity contribution in [3.63, 3.8) is 0 Å². The Balaban J connectivity index is 1.67. The Hall–Kier alpha value is -3.24. The van der Waals surface area contributed by atoms with Gasteiger partial charge in [-0.25, -0.2) is 24.2 Å². The number of carbonyl (C=O) groups is 1. The highest BCUT2D eigenvalue weighted by atomic mass is 35.5. The molecule has 3 aromatic heterocycles. The molecule has 0 aliphatic rings. The van der Waals surface area contributed by atoms with Crippen LogP contribution in [0.1, 0.15) is 10.4 Å². The number of carbonyl (C=O) groups excluding carboxylic acids is 1. The van der Waals surface area contributed by atoms with E-state index in [1.165, 1.54) is 13.2 Å². The standard InChI is InChI=1S/C31H31ClFN3O3S2/c1-38-31(37)26-19-28(23-12-14-34-30-24(23)13-15-36(30)40-22-8-6-5-7-9-22)35(20-39-16-17-41(2,3)4)29(26)25-11-10-21(32)18-27(25)33/h5-15,18-19H,16-17,20H2,1-4H3. The summed E-state index contributed by atoms with van der Waals surface area (Å²) in [5.41, 5.74) is 3.11. The zero-order valence-corrected chi connectivity index (χ0v) is 25.7. The molecule has 0 radical (unpaired) electrons. The Morgan fingerprint density at radius 1 is 1.05 bits per heavy atom. The van der Waals surface area contributed by atoms with Crippen molar-refractivity contribution in [1.82, 2.24) is 13.5 Å². The lowest BCUT2D eigenvalue weighted by molar-refractivity contribution is 0.0600. The van der Waals surface area contributed by atoms with Crippen molar-refractivity contribution in [2.24, 2.45) is 0 Å². The van der Waals surface area contributed by atoms with Crippen molar-refractivity contribution in [2.75, 3.05) is 38.2 Å². The van der Waals surface area contributed by atoms with Gasteiger partial charge in [0.05, 0.1) is 30.7 Å². The molecule has 0 aliphatic heterocycles. The first-order valence-electron chi connectivity index (χ1n) is 12.9. The molecule has 5 rings (SSSR count).